The lowest BCUT2D eigenvalue weighted by Crippen LogP contribution is -2.31. The van der Waals surface area contributed by atoms with Gasteiger partial charge in [0, 0.05) is 0 Å². The van der Waals surface area contributed by atoms with Gasteiger partial charge >= 0.3 is 5.97 Å². The van der Waals surface area contributed by atoms with Gasteiger partial charge in [-0.3, -0.25) is 0 Å². The Kier molecular flexibility index (Phi) is 1.61. The number of fused-ring (bicyclic) bond motifs is 1. The molecule has 2 fully saturated rings. The normalized spacial score (nSPS) is 52.2. The van der Waals surface area contributed by atoms with Crippen molar-refractivity contribution in [3.05, 3.63) is 0 Å². The maximum atomic E-state index is 10.8. The second kappa shape index (κ2) is 2.42. The molecule has 0 aromatic carbocycles. The van der Waals surface area contributed by atoms with Crippen LogP contribution < -0.4 is 0 Å². The fourth-order valence-electron chi connectivity index (χ4n) is 1.60. The molecule has 0 aliphatic carbocycles. The van der Waals surface area contributed by atoms with Gasteiger partial charge < -0.3 is 19.7 Å². The minimum atomic E-state index is -1.24. The summed E-state index contributed by atoms with van der Waals surface area (Å²) in [6, 6.07) is 0. The maximum absolute atomic E-state index is 10.8. The van der Waals surface area contributed by atoms with Crippen LogP contribution in [0.3, 0.4) is 0 Å². The van der Waals surface area contributed by atoms with E-state index in [2.05, 4.69) is 0 Å². The zero-order valence-electron chi connectivity index (χ0n) is 6.51. The summed E-state index contributed by atoms with van der Waals surface area (Å²) in [4.78, 5) is 10.8. The quantitative estimate of drug-likeness (QED) is 0.433. The van der Waals surface area contributed by atoms with Gasteiger partial charge in [0.15, 0.2) is 12.2 Å². The van der Waals surface area contributed by atoms with Gasteiger partial charge in [-0.05, 0) is 6.92 Å². The molecule has 0 saturated carbocycles. The number of aliphatic hydroxyl groups excluding tert-OH is 2. The molecule has 5 nitrogen and oxygen atoms in total. The van der Waals surface area contributed by atoms with Crippen LogP contribution in [0.15, 0.2) is 0 Å². The van der Waals surface area contributed by atoms with E-state index < -0.39 is 30.4 Å². The molecule has 2 saturated heterocycles. The van der Waals surface area contributed by atoms with Gasteiger partial charge in [0.1, 0.15) is 12.2 Å². The van der Waals surface area contributed by atoms with Crippen molar-refractivity contribution in [2.45, 2.75) is 37.4 Å². The average molecular weight is 174 g/mol. The largest absolute Gasteiger partial charge is 0.455 e. The van der Waals surface area contributed by atoms with Crippen LogP contribution >= 0.6 is 0 Å². The van der Waals surface area contributed by atoms with Crippen molar-refractivity contribution in [2.75, 3.05) is 0 Å². The Bertz CT molecular complexity index is 216. The Labute approximate surface area is 68.9 Å². The van der Waals surface area contributed by atoms with E-state index in [1.807, 2.05) is 0 Å². The van der Waals surface area contributed by atoms with Crippen molar-refractivity contribution in [2.24, 2.45) is 0 Å². The Morgan fingerprint density at radius 2 is 2.00 bits per heavy atom. The molecule has 0 aromatic rings. The zero-order chi connectivity index (χ0) is 8.88. The molecule has 2 heterocycles. The molecule has 0 aromatic heterocycles. The molecule has 68 valence electrons. The van der Waals surface area contributed by atoms with Crippen LogP contribution in [0, 0.1) is 0 Å². The molecule has 5 atom stereocenters. The number of hydrogen-bond donors (Lipinski definition) is 2. The highest BCUT2D eigenvalue weighted by Gasteiger charge is 2.55. The van der Waals surface area contributed by atoms with Crippen molar-refractivity contribution in [1.82, 2.24) is 0 Å². The number of carbonyl (C=O) groups excluding carboxylic acids is 1. The van der Waals surface area contributed by atoms with Crippen molar-refractivity contribution in [1.29, 1.82) is 0 Å². The number of carbonyl (C=O) groups is 1. The number of ether oxygens (including phenoxy) is 2. The van der Waals surface area contributed by atoms with E-state index in [4.69, 9.17) is 9.47 Å². The second-order valence-corrected chi connectivity index (χ2v) is 3.14. The Balaban J connectivity index is 2.19. The summed E-state index contributed by atoms with van der Waals surface area (Å²) in [6.45, 7) is 1.67. The predicted molar refractivity (Wildman–Crippen MR) is 36.2 cm³/mol. The molecule has 0 bridgehead atoms. The molecular weight excluding hydrogens is 164 g/mol. The first-order chi connectivity index (χ1) is 5.61. The SMILES string of the molecule is C[C@@H]1O[C@@H]2C(O)C(=O)O[C@H]2C1O. The van der Waals surface area contributed by atoms with Gasteiger partial charge in [-0.25, -0.2) is 4.79 Å². The van der Waals surface area contributed by atoms with E-state index in [0.29, 0.717) is 0 Å². The summed E-state index contributed by atoms with van der Waals surface area (Å²) in [7, 11) is 0. The lowest BCUT2D eigenvalue weighted by molar-refractivity contribution is -0.152. The van der Waals surface area contributed by atoms with Crippen LogP contribution in [0.25, 0.3) is 0 Å². The van der Waals surface area contributed by atoms with Gasteiger partial charge in [0.2, 0.25) is 0 Å². The smallest absolute Gasteiger partial charge is 0.338 e. The fraction of sp³-hybridized carbons (Fsp3) is 0.857. The van der Waals surface area contributed by atoms with Gasteiger partial charge in [-0.15, -0.1) is 0 Å². The van der Waals surface area contributed by atoms with E-state index in [1.165, 1.54) is 0 Å². The summed E-state index contributed by atoms with van der Waals surface area (Å²) in [5.74, 6) is -0.712. The minimum Gasteiger partial charge on any atom is -0.455 e. The molecule has 0 radical (unpaired) electrons. The van der Waals surface area contributed by atoms with Crippen LogP contribution in [0.5, 0.6) is 0 Å². The lowest BCUT2D eigenvalue weighted by Gasteiger charge is -2.11. The maximum Gasteiger partial charge on any atom is 0.338 e. The van der Waals surface area contributed by atoms with Gasteiger partial charge in [-0.2, -0.15) is 0 Å². The molecule has 0 amide bonds. The average Bonchev–Trinajstić information content (AvgIpc) is 2.43. The van der Waals surface area contributed by atoms with E-state index >= 15 is 0 Å². The molecule has 2 aliphatic heterocycles. The van der Waals surface area contributed by atoms with Gasteiger partial charge in [0.25, 0.3) is 0 Å². The van der Waals surface area contributed by atoms with E-state index in [-0.39, 0.29) is 6.10 Å². The van der Waals surface area contributed by atoms with Crippen molar-refractivity contribution >= 4 is 5.97 Å². The molecule has 2 N–H and O–H groups in total. The van der Waals surface area contributed by atoms with Crippen molar-refractivity contribution in [3.63, 3.8) is 0 Å². The lowest BCUT2D eigenvalue weighted by atomic mass is 10.1. The second-order valence-electron chi connectivity index (χ2n) is 3.14. The Morgan fingerprint density at radius 3 is 2.58 bits per heavy atom. The first-order valence-electron chi connectivity index (χ1n) is 3.83. The number of hydrogen-bond acceptors (Lipinski definition) is 5. The topological polar surface area (TPSA) is 76.0 Å². The Hall–Kier alpha value is -0.650. The highest BCUT2D eigenvalue weighted by atomic mass is 16.6. The van der Waals surface area contributed by atoms with Crippen LogP contribution in [0.1, 0.15) is 6.92 Å². The third kappa shape index (κ3) is 0.872. The molecular formula is C7H10O5. The number of rotatable bonds is 0. The summed E-state index contributed by atoms with van der Waals surface area (Å²) in [6.07, 6.45) is -3.83. The zero-order valence-corrected chi connectivity index (χ0v) is 6.51. The molecule has 0 spiro atoms. The first kappa shape index (κ1) is 7.97. The number of esters is 1. The summed E-state index contributed by atoms with van der Waals surface area (Å²) in [5.41, 5.74) is 0. The van der Waals surface area contributed by atoms with E-state index in [9.17, 15) is 15.0 Å². The summed E-state index contributed by atoms with van der Waals surface area (Å²) >= 11 is 0. The highest BCUT2D eigenvalue weighted by molar-refractivity contribution is 5.78. The fourth-order valence-corrected chi connectivity index (χ4v) is 1.60. The van der Waals surface area contributed by atoms with Crippen molar-refractivity contribution in [3.8, 4) is 0 Å². The summed E-state index contributed by atoms with van der Waals surface area (Å²) in [5, 5.41) is 18.6. The third-order valence-corrected chi connectivity index (χ3v) is 2.32. The third-order valence-electron chi connectivity index (χ3n) is 2.32. The van der Waals surface area contributed by atoms with Gasteiger partial charge in [0.05, 0.1) is 6.10 Å². The molecule has 2 aliphatic rings. The monoisotopic (exact) mass is 174 g/mol. The van der Waals surface area contributed by atoms with Crippen LogP contribution in [0.2, 0.25) is 0 Å². The van der Waals surface area contributed by atoms with E-state index in [0.717, 1.165) is 0 Å². The highest BCUT2D eigenvalue weighted by Crippen LogP contribution is 2.31. The van der Waals surface area contributed by atoms with Crippen LogP contribution in [0.4, 0.5) is 0 Å². The molecule has 2 rings (SSSR count). The van der Waals surface area contributed by atoms with Crippen LogP contribution in [-0.2, 0) is 14.3 Å². The first-order valence-corrected chi connectivity index (χ1v) is 3.83. The van der Waals surface area contributed by atoms with Gasteiger partial charge in [-0.1, -0.05) is 0 Å². The summed E-state index contributed by atoms with van der Waals surface area (Å²) < 4.78 is 9.85. The Morgan fingerprint density at radius 1 is 1.33 bits per heavy atom. The standard InChI is InChI=1S/C7H10O5/c1-2-3(8)5-6(11-2)4(9)7(10)12-5/h2-6,8-9H,1H3/t2-,3?,4?,5-,6+/m0/s1. The molecule has 12 heavy (non-hydrogen) atoms. The molecule has 2 unspecified atom stereocenters. The minimum absolute atomic E-state index is 0.386. The molecule has 5 heteroatoms. The van der Waals surface area contributed by atoms with E-state index in [1.54, 1.807) is 6.92 Å². The van der Waals surface area contributed by atoms with Crippen molar-refractivity contribution < 1.29 is 24.5 Å². The number of aliphatic hydroxyl groups is 2. The predicted octanol–water partition coefficient (Wildman–Crippen LogP) is -1.58. The van der Waals surface area contributed by atoms with Crippen LogP contribution in [-0.4, -0.2) is 46.7 Å².